The number of benzene rings is 2. The monoisotopic (exact) mass is 572 g/mol. The summed E-state index contributed by atoms with van der Waals surface area (Å²) >= 11 is 0. The van der Waals surface area contributed by atoms with Crippen molar-refractivity contribution in [2.45, 2.75) is 38.9 Å². The molecule has 12 heteroatoms. The lowest BCUT2D eigenvalue weighted by Gasteiger charge is -2.11. The highest BCUT2D eigenvalue weighted by Gasteiger charge is 2.43. The Hall–Kier alpha value is -4.03. The highest BCUT2D eigenvalue weighted by Crippen LogP contribution is 2.40. The molecule has 5 atom stereocenters. The quantitative estimate of drug-likeness (QED) is 0.468. The molecule has 3 N–H and O–H groups in total. The minimum Gasteiger partial charge on any atom is -0.496 e. The second kappa shape index (κ2) is 13.1. The van der Waals surface area contributed by atoms with Gasteiger partial charge in [0.2, 0.25) is 0 Å². The number of hydrogen-bond acceptors (Lipinski definition) is 9. The van der Waals surface area contributed by atoms with E-state index in [0.29, 0.717) is 30.2 Å². The summed E-state index contributed by atoms with van der Waals surface area (Å²) in [6.45, 7) is 5.11. The summed E-state index contributed by atoms with van der Waals surface area (Å²) in [5.74, 6) is -2.43. The van der Waals surface area contributed by atoms with E-state index in [0.717, 1.165) is 30.2 Å². The first-order valence-electron chi connectivity index (χ1n) is 13.4. The Morgan fingerprint density at radius 1 is 0.902 bits per heavy atom. The van der Waals surface area contributed by atoms with Gasteiger partial charge in [0.05, 0.1) is 43.2 Å². The van der Waals surface area contributed by atoms with Gasteiger partial charge < -0.3 is 34.5 Å². The van der Waals surface area contributed by atoms with Gasteiger partial charge in [0.25, 0.3) is 0 Å². The van der Waals surface area contributed by atoms with Gasteiger partial charge in [-0.25, -0.2) is 14.0 Å². The van der Waals surface area contributed by atoms with Crippen LogP contribution < -0.4 is 4.74 Å². The van der Waals surface area contributed by atoms with Crippen LogP contribution in [-0.4, -0.2) is 77.8 Å². The number of ether oxygens (including phenoxy) is 2. The van der Waals surface area contributed by atoms with Crippen molar-refractivity contribution in [3.8, 4) is 5.75 Å². The van der Waals surface area contributed by atoms with Crippen LogP contribution in [0.4, 0.5) is 4.39 Å². The van der Waals surface area contributed by atoms with Crippen LogP contribution in [0.2, 0.25) is 0 Å². The molecule has 41 heavy (non-hydrogen) atoms. The zero-order chi connectivity index (χ0) is 29.7. The average Bonchev–Trinajstić information content (AvgIpc) is 3.76. The Labute approximate surface area is 236 Å². The van der Waals surface area contributed by atoms with Crippen LogP contribution in [0.3, 0.4) is 0 Å². The van der Waals surface area contributed by atoms with Gasteiger partial charge >= 0.3 is 11.9 Å². The molecule has 0 radical (unpaired) electrons. The predicted molar refractivity (Wildman–Crippen MR) is 145 cm³/mol. The lowest BCUT2D eigenvalue weighted by molar-refractivity contribution is 0.0558. The fourth-order valence-corrected chi connectivity index (χ4v) is 5.35. The van der Waals surface area contributed by atoms with E-state index in [-0.39, 0.29) is 47.7 Å². The molecule has 1 aliphatic carbocycles. The number of fused-ring (bicyclic) bond motifs is 2. The molecule has 0 amide bonds. The second-order valence-corrected chi connectivity index (χ2v) is 9.73. The normalized spacial score (nSPS) is 25.1. The minimum atomic E-state index is -1.30. The zero-order valence-electron chi connectivity index (χ0n) is 22.9. The summed E-state index contributed by atoms with van der Waals surface area (Å²) in [6.07, 6.45) is 1.48. The maximum atomic E-state index is 13.3. The third-order valence-electron chi connectivity index (χ3n) is 7.38. The van der Waals surface area contributed by atoms with Gasteiger partial charge in [-0.3, -0.25) is 0 Å². The molecule has 0 bridgehead atoms. The molecule has 3 aliphatic heterocycles. The van der Waals surface area contributed by atoms with Crippen molar-refractivity contribution in [2.24, 2.45) is 28.1 Å². The van der Waals surface area contributed by atoms with Crippen molar-refractivity contribution in [1.29, 1.82) is 0 Å². The third kappa shape index (κ3) is 6.18. The van der Waals surface area contributed by atoms with Gasteiger partial charge in [0, 0.05) is 23.7 Å². The van der Waals surface area contributed by atoms with Crippen LogP contribution in [0.15, 0.2) is 46.7 Å². The van der Waals surface area contributed by atoms with Gasteiger partial charge in [0.1, 0.15) is 23.2 Å². The number of aromatic carboxylic acids is 2. The molecule has 0 spiro atoms. The molecule has 6 rings (SSSR count). The van der Waals surface area contributed by atoms with Gasteiger partial charge in [0.15, 0.2) is 6.10 Å². The number of aliphatic hydroxyl groups excluding tert-OH is 1. The SMILES string of the molecule is CC.COc1ccc(C2=NOC3CC(CO)CC23)cc1C(=O)O.O=C(O)c1cc(C2=NOC3COCC23)ccc1F. The molecule has 2 fully saturated rings. The molecular weight excluding hydrogens is 539 g/mol. The summed E-state index contributed by atoms with van der Waals surface area (Å²) in [5.41, 5.74) is 2.43. The Kier molecular flexibility index (Phi) is 9.56. The summed E-state index contributed by atoms with van der Waals surface area (Å²) in [5, 5.41) is 35.5. The maximum absolute atomic E-state index is 13.3. The van der Waals surface area contributed by atoms with E-state index in [4.69, 9.17) is 24.3 Å². The standard InChI is InChI=1S/C15H17NO5.C12H10FNO4.C2H6/c1-20-12-3-2-9(6-11(12)15(18)19)14-10-4-8(7-17)5-13(10)21-16-14;13-9-2-1-6(3-7(9)12(15)16)11-8-4-17-5-10(8)18-14-11;1-2/h2-3,6,8,10,13,17H,4-5,7H2,1H3,(H,18,19);1-3,8,10H,4-5H2,(H,15,16);1-2H3. The van der Waals surface area contributed by atoms with Crippen LogP contribution in [0.1, 0.15) is 58.5 Å². The number of hydrogen-bond donors (Lipinski definition) is 3. The number of aliphatic hydroxyl groups is 1. The van der Waals surface area contributed by atoms with Gasteiger partial charge in [-0.05, 0) is 49.1 Å². The van der Waals surface area contributed by atoms with Crippen molar-refractivity contribution < 1.29 is 48.4 Å². The Morgan fingerprint density at radius 2 is 1.51 bits per heavy atom. The van der Waals surface area contributed by atoms with Crippen molar-refractivity contribution in [2.75, 3.05) is 26.9 Å². The van der Waals surface area contributed by atoms with Crippen molar-refractivity contribution >= 4 is 23.4 Å². The van der Waals surface area contributed by atoms with Crippen molar-refractivity contribution in [1.82, 2.24) is 0 Å². The van der Waals surface area contributed by atoms with Crippen LogP contribution in [0.25, 0.3) is 0 Å². The molecule has 11 nitrogen and oxygen atoms in total. The molecule has 5 unspecified atom stereocenters. The zero-order valence-corrected chi connectivity index (χ0v) is 22.9. The summed E-state index contributed by atoms with van der Waals surface area (Å²) in [6, 6.07) is 8.91. The number of rotatable bonds is 6. The second-order valence-electron chi connectivity index (χ2n) is 9.73. The summed E-state index contributed by atoms with van der Waals surface area (Å²) in [4.78, 5) is 32.8. The molecule has 2 aromatic carbocycles. The van der Waals surface area contributed by atoms with E-state index in [2.05, 4.69) is 10.3 Å². The Bertz CT molecular complexity index is 1350. The predicted octanol–water partition coefficient (Wildman–Crippen LogP) is 3.81. The molecule has 2 aromatic rings. The number of methoxy groups -OCH3 is 1. The van der Waals surface area contributed by atoms with E-state index in [1.54, 1.807) is 18.2 Å². The number of carboxylic acid groups (broad SMARTS) is 2. The highest BCUT2D eigenvalue weighted by molar-refractivity contribution is 6.06. The molecule has 1 saturated carbocycles. The van der Waals surface area contributed by atoms with E-state index >= 15 is 0 Å². The number of halogens is 1. The Balaban J connectivity index is 0.000000180. The van der Waals surface area contributed by atoms with Crippen molar-refractivity contribution in [3.05, 3.63) is 64.5 Å². The first-order valence-corrected chi connectivity index (χ1v) is 13.4. The lowest BCUT2D eigenvalue weighted by atomic mass is 9.92. The summed E-state index contributed by atoms with van der Waals surface area (Å²) in [7, 11) is 1.44. The fraction of sp³-hybridized carbons (Fsp3) is 0.448. The maximum Gasteiger partial charge on any atom is 0.339 e. The number of carboxylic acids is 2. The van der Waals surface area contributed by atoms with Crippen LogP contribution >= 0.6 is 0 Å². The van der Waals surface area contributed by atoms with E-state index in [9.17, 15) is 24.2 Å². The van der Waals surface area contributed by atoms with E-state index in [1.807, 2.05) is 13.8 Å². The number of nitrogens with zero attached hydrogens (tertiary/aromatic N) is 2. The highest BCUT2D eigenvalue weighted by atomic mass is 19.1. The Morgan fingerprint density at radius 3 is 2.15 bits per heavy atom. The molecule has 1 saturated heterocycles. The molecule has 0 aromatic heterocycles. The van der Waals surface area contributed by atoms with Gasteiger partial charge in [-0.1, -0.05) is 30.2 Å². The van der Waals surface area contributed by atoms with Crippen LogP contribution in [0, 0.1) is 23.6 Å². The van der Waals surface area contributed by atoms with Gasteiger partial charge in [-0.2, -0.15) is 0 Å². The van der Waals surface area contributed by atoms with Crippen LogP contribution in [-0.2, 0) is 14.4 Å². The third-order valence-corrected chi connectivity index (χ3v) is 7.38. The summed E-state index contributed by atoms with van der Waals surface area (Å²) < 4.78 is 23.6. The van der Waals surface area contributed by atoms with Crippen LogP contribution in [0.5, 0.6) is 5.75 Å². The molecular formula is C29H33FN2O9. The molecule has 4 aliphatic rings. The van der Waals surface area contributed by atoms with Crippen molar-refractivity contribution in [3.63, 3.8) is 0 Å². The lowest BCUT2D eigenvalue weighted by Crippen LogP contribution is -2.22. The molecule has 220 valence electrons. The first-order chi connectivity index (χ1) is 19.8. The number of oxime groups is 2. The topological polar surface area (TPSA) is 156 Å². The number of carbonyl (C=O) groups is 2. The van der Waals surface area contributed by atoms with E-state index in [1.165, 1.54) is 19.2 Å². The average molecular weight is 573 g/mol. The minimum absolute atomic E-state index is 0.00268. The largest absolute Gasteiger partial charge is 0.496 e. The molecule has 3 heterocycles. The van der Waals surface area contributed by atoms with Gasteiger partial charge in [-0.15, -0.1) is 0 Å². The first kappa shape index (κ1) is 29.9. The smallest absolute Gasteiger partial charge is 0.339 e. The van der Waals surface area contributed by atoms with E-state index < -0.39 is 17.8 Å². The fourth-order valence-electron chi connectivity index (χ4n) is 5.35.